The Hall–Kier alpha value is -4.58. The van der Waals surface area contributed by atoms with Gasteiger partial charge in [0, 0.05) is 18.2 Å². The van der Waals surface area contributed by atoms with Gasteiger partial charge in [-0.1, -0.05) is 36.4 Å². The van der Waals surface area contributed by atoms with Gasteiger partial charge in [0.1, 0.15) is 23.5 Å². The molecule has 11 nitrogen and oxygen atoms in total. The van der Waals surface area contributed by atoms with Crippen molar-refractivity contribution in [2.24, 2.45) is 0 Å². The highest BCUT2D eigenvalue weighted by molar-refractivity contribution is 5.97. The molecule has 0 saturated heterocycles. The summed E-state index contributed by atoms with van der Waals surface area (Å²) < 4.78 is 13.0. The van der Waals surface area contributed by atoms with E-state index in [1.165, 1.54) is 18.2 Å². The van der Waals surface area contributed by atoms with E-state index in [2.05, 4.69) is 41.2 Å². The van der Waals surface area contributed by atoms with Gasteiger partial charge in [-0.2, -0.15) is 5.21 Å². The maximum atomic E-state index is 13.0. The van der Waals surface area contributed by atoms with Crippen molar-refractivity contribution in [3.05, 3.63) is 89.3 Å². The molecular formula is C22H19FN8O3. The van der Waals surface area contributed by atoms with E-state index in [9.17, 15) is 19.1 Å². The third-order valence-electron chi connectivity index (χ3n) is 4.90. The molecule has 0 aliphatic rings. The molecule has 4 N–H and O–H groups in total. The Balaban J connectivity index is 1.40. The molecule has 0 aliphatic heterocycles. The Labute approximate surface area is 192 Å². The molecule has 0 bridgehead atoms. The Kier molecular flexibility index (Phi) is 6.89. The summed E-state index contributed by atoms with van der Waals surface area (Å²) in [4.78, 5) is 33.0. The van der Waals surface area contributed by atoms with Gasteiger partial charge in [-0.3, -0.25) is 9.59 Å². The van der Waals surface area contributed by atoms with Crippen molar-refractivity contribution in [3.63, 3.8) is 0 Å². The summed E-state index contributed by atoms with van der Waals surface area (Å²) in [6.07, 6.45) is 1.11. The lowest BCUT2D eigenvalue weighted by molar-refractivity contribution is 0.0911. The summed E-state index contributed by atoms with van der Waals surface area (Å²) in [7, 11) is 0. The van der Waals surface area contributed by atoms with E-state index in [-0.39, 0.29) is 30.4 Å². The molecule has 0 unspecified atom stereocenters. The van der Waals surface area contributed by atoms with Crippen LogP contribution in [0.4, 0.5) is 4.39 Å². The van der Waals surface area contributed by atoms with E-state index < -0.39 is 17.9 Å². The van der Waals surface area contributed by atoms with E-state index in [1.54, 1.807) is 36.4 Å². The monoisotopic (exact) mass is 462 g/mol. The van der Waals surface area contributed by atoms with E-state index >= 15 is 0 Å². The minimum Gasteiger partial charge on any atom is -0.394 e. The molecule has 12 heteroatoms. The first-order valence-electron chi connectivity index (χ1n) is 10.1. The lowest BCUT2D eigenvalue weighted by Crippen LogP contribution is -2.32. The molecule has 0 fully saturated rings. The zero-order valence-corrected chi connectivity index (χ0v) is 17.6. The fourth-order valence-electron chi connectivity index (χ4n) is 3.10. The Morgan fingerprint density at radius 3 is 2.35 bits per heavy atom. The van der Waals surface area contributed by atoms with Crippen LogP contribution in [0.25, 0.3) is 11.4 Å². The van der Waals surface area contributed by atoms with Gasteiger partial charge in [-0.15, -0.1) is 10.2 Å². The number of hydrogen-bond donors (Lipinski definition) is 4. The van der Waals surface area contributed by atoms with Crippen LogP contribution in [0.5, 0.6) is 0 Å². The zero-order valence-electron chi connectivity index (χ0n) is 17.6. The number of aliphatic hydroxyl groups is 1. The molecule has 2 aromatic heterocycles. The Morgan fingerprint density at radius 1 is 1.00 bits per heavy atom. The van der Waals surface area contributed by atoms with Crippen molar-refractivity contribution in [1.29, 1.82) is 0 Å². The molecule has 0 radical (unpaired) electrons. The second kappa shape index (κ2) is 10.4. The van der Waals surface area contributed by atoms with Gasteiger partial charge in [0.2, 0.25) is 5.82 Å². The topological polar surface area (TPSA) is 159 Å². The molecule has 4 rings (SSSR count). The SMILES string of the molecule is O=C(NCc1ccc(F)cc1)c1cc(C(=O)N[C@@H](CO)c2ccc(-c3nn[nH]n3)cc2)ncn1. The summed E-state index contributed by atoms with van der Waals surface area (Å²) in [5, 5.41) is 28.8. The average molecular weight is 462 g/mol. The van der Waals surface area contributed by atoms with Crippen LogP contribution < -0.4 is 10.6 Å². The summed E-state index contributed by atoms with van der Waals surface area (Å²) >= 11 is 0. The van der Waals surface area contributed by atoms with Gasteiger partial charge in [-0.05, 0) is 28.5 Å². The number of H-pyrrole nitrogens is 1. The lowest BCUT2D eigenvalue weighted by atomic mass is 10.0. The van der Waals surface area contributed by atoms with E-state index in [1.807, 2.05) is 0 Å². The maximum absolute atomic E-state index is 13.0. The third kappa shape index (κ3) is 5.42. The number of hydrogen-bond acceptors (Lipinski definition) is 8. The number of rotatable bonds is 8. The summed E-state index contributed by atoms with van der Waals surface area (Å²) in [5.41, 5.74) is 2.02. The first-order valence-corrected chi connectivity index (χ1v) is 10.1. The van der Waals surface area contributed by atoms with Crippen molar-refractivity contribution in [2.45, 2.75) is 12.6 Å². The van der Waals surface area contributed by atoms with E-state index in [4.69, 9.17) is 0 Å². The van der Waals surface area contributed by atoms with Gasteiger partial charge >= 0.3 is 0 Å². The molecule has 2 amide bonds. The average Bonchev–Trinajstić information content (AvgIpc) is 3.42. The van der Waals surface area contributed by atoms with Crippen LogP contribution >= 0.6 is 0 Å². The molecule has 0 saturated carbocycles. The van der Waals surface area contributed by atoms with Gasteiger partial charge in [-0.25, -0.2) is 14.4 Å². The molecule has 172 valence electrons. The second-order valence-corrected chi connectivity index (χ2v) is 7.16. The van der Waals surface area contributed by atoms with Crippen LogP contribution in [-0.4, -0.2) is 54.1 Å². The number of amides is 2. The van der Waals surface area contributed by atoms with Crippen LogP contribution in [0, 0.1) is 5.82 Å². The smallest absolute Gasteiger partial charge is 0.270 e. The number of aromatic amines is 1. The van der Waals surface area contributed by atoms with Gasteiger partial charge in [0.05, 0.1) is 12.6 Å². The van der Waals surface area contributed by atoms with E-state index in [0.29, 0.717) is 22.5 Å². The van der Waals surface area contributed by atoms with Crippen molar-refractivity contribution < 1.29 is 19.1 Å². The molecule has 4 aromatic rings. The largest absolute Gasteiger partial charge is 0.394 e. The van der Waals surface area contributed by atoms with E-state index in [0.717, 1.165) is 6.33 Å². The van der Waals surface area contributed by atoms with Gasteiger partial charge in [0.25, 0.3) is 11.8 Å². The van der Waals surface area contributed by atoms with Crippen LogP contribution in [0.15, 0.2) is 60.9 Å². The molecular weight excluding hydrogens is 443 g/mol. The molecule has 2 heterocycles. The van der Waals surface area contributed by atoms with Crippen LogP contribution in [0.2, 0.25) is 0 Å². The number of nitrogens with zero attached hydrogens (tertiary/aromatic N) is 5. The quantitative estimate of drug-likeness (QED) is 0.304. The van der Waals surface area contributed by atoms with Crippen molar-refractivity contribution >= 4 is 11.8 Å². The Morgan fingerprint density at radius 2 is 1.71 bits per heavy atom. The predicted octanol–water partition coefficient (Wildman–Crippen LogP) is 1.19. The standard InChI is InChI=1S/C22H19FN8O3/c23-16-7-1-13(2-8-16)10-24-21(33)17-9-18(26-12-25-17)22(34)27-19(11-32)14-3-5-15(6-4-14)20-28-30-31-29-20/h1-9,12,19,32H,10-11H2,(H,24,33)(H,27,34)(H,28,29,30,31)/t19-/m0/s1. The molecule has 2 aromatic carbocycles. The van der Waals surface area contributed by atoms with Crippen LogP contribution in [0.3, 0.4) is 0 Å². The van der Waals surface area contributed by atoms with Crippen LogP contribution in [0.1, 0.15) is 38.1 Å². The number of aromatic nitrogens is 6. The summed E-state index contributed by atoms with van der Waals surface area (Å²) in [5.74, 6) is -1.05. The molecule has 0 spiro atoms. The van der Waals surface area contributed by atoms with Crippen LogP contribution in [-0.2, 0) is 6.54 Å². The lowest BCUT2D eigenvalue weighted by Gasteiger charge is -2.17. The van der Waals surface area contributed by atoms with Crippen molar-refractivity contribution in [3.8, 4) is 11.4 Å². The minimum atomic E-state index is -0.711. The molecule has 34 heavy (non-hydrogen) atoms. The minimum absolute atomic E-state index is 0.00715. The number of halogens is 1. The zero-order chi connectivity index (χ0) is 23.9. The highest BCUT2D eigenvalue weighted by Crippen LogP contribution is 2.19. The number of benzene rings is 2. The fraction of sp³-hybridized carbons (Fsp3) is 0.136. The van der Waals surface area contributed by atoms with Gasteiger partial charge in [0.15, 0.2) is 0 Å². The summed E-state index contributed by atoms with van der Waals surface area (Å²) in [6.45, 7) is -0.194. The Bertz CT molecular complexity index is 1260. The van der Waals surface area contributed by atoms with Crippen molar-refractivity contribution in [1.82, 2.24) is 41.2 Å². The number of tetrazole rings is 1. The maximum Gasteiger partial charge on any atom is 0.270 e. The highest BCUT2D eigenvalue weighted by atomic mass is 19.1. The highest BCUT2D eigenvalue weighted by Gasteiger charge is 2.18. The van der Waals surface area contributed by atoms with Gasteiger partial charge < -0.3 is 15.7 Å². The number of nitrogens with one attached hydrogen (secondary N) is 3. The van der Waals surface area contributed by atoms with Crippen molar-refractivity contribution in [2.75, 3.05) is 6.61 Å². The first-order chi connectivity index (χ1) is 16.5. The summed E-state index contributed by atoms with van der Waals surface area (Å²) in [6, 6.07) is 13.2. The first kappa shape index (κ1) is 22.6. The number of carbonyl (C=O) groups is 2. The number of carbonyl (C=O) groups excluding carboxylic acids is 2. The third-order valence-corrected chi connectivity index (χ3v) is 4.90. The second-order valence-electron chi connectivity index (χ2n) is 7.16. The predicted molar refractivity (Wildman–Crippen MR) is 117 cm³/mol. The molecule has 1 atom stereocenters. The molecule has 0 aliphatic carbocycles. The fourth-order valence-corrected chi connectivity index (χ4v) is 3.10. The number of aliphatic hydroxyl groups excluding tert-OH is 1. The normalized spacial score (nSPS) is 11.6.